The first kappa shape index (κ1) is 18.0. The van der Waals surface area contributed by atoms with Crippen LogP contribution in [0.25, 0.3) is 11.3 Å². The molecule has 0 saturated carbocycles. The smallest absolute Gasteiger partial charge is 0.269 e. The van der Waals surface area contributed by atoms with Crippen molar-refractivity contribution in [3.8, 4) is 22.8 Å². The van der Waals surface area contributed by atoms with Crippen LogP contribution in [0.3, 0.4) is 0 Å². The van der Waals surface area contributed by atoms with Gasteiger partial charge in [-0.1, -0.05) is 28.1 Å². The Morgan fingerprint density at radius 2 is 2.00 bits per heavy atom. The van der Waals surface area contributed by atoms with Crippen molar-refractivity contribution in [1.29, 1.82) is 0 Å². The standard InChI is InChI=1S/C19H18BrN3O3/c1-25-14-6-7-15(18(9-14)26-2)16-10-17(23-22-16)19(24)21-11-12-4-3-5-13(20)8-12/h3-10H,11H2,1-2H3,(H,21,24)(H,22,23). The van der Waals surface area contributed by atoms with Gasteiger partial charge in [0.1, 0.15) is 17.2 Å². The molecule has 6 nitrogen and oxygen atoms in total. The number of amides is 1. The highest BCUT2D eigenvalue weighted by Gasteiger charge is 2.14. The first-order chi connectivity index (χ1) is 12.6. The van der Waals surface area contributed by atoms with Gasteiger partial charge in [-0.15, -0.1) is 0 Å². The summed E-state index contributed by atoms with van der Waals surface area (Å²) in [7, 11) is 3.17. The van der Waals surface area contributed by atoms with E-state index in [1.54, 1.807) is 26.4 Å². The number of hydrogen-bond acceptors (Lipinski definition) is 4. The lowest BCUT2D eigenvalue weighted by Gasteiger charge is -2.08. The van der Waals surface area contributed by atoms with Gasteiger partial charge in [-0.2, -0.15) is 5.10 Å². The van der Waals surface area contributed by atoms with E-state index in [0.717, 1.165) is 15.6 Å². The minimum absolute atomic E-state index is 0.226. The predicted molar refractivity (Wildman–Crippen MR) is 102 cm³/mol. The van der Waals surface area contributed by atoms with Gasteiger partial charge in [0.25, 0.3) is 5.91 Å². The van der Waals surface area contributed by atoms with E-state index >= 15 is 0 Å². The fourth-order valence-electron chi connectivity index (χ4n) is 2.51. The van der Waals surface area contributed by atoms with Gasteiger partial charge in [-0.05, 0) is 35.9 Å². The van der Waals surface area contributed by atoms with Crippen LogP contribution < -0.4 is 14.8 Å². The predicted octanol–water partition coefficient (Wildman–Crippen LogP) is 3.79. The summed E-state index contributed by atoms with van der Waals surface area (Å²) in [5, 5.41) is 9.87. The molecule has 0 bridgehead atoms. The summed E-state index contributed by atoms with van der Waals surface area (Å²) in [5.41, 5.74) is 2.78. The largest absolute Gasteiger partial charge is 0.497 e. The van der Waals surface area contributed by atoms with Gasteiger partial charge >= 0.3 is 0 Å². The molecule has 0 aliphatic heterocycles. The van der Waals surface area contributed by atoms with Crippen molar-refractivity contribution in [2.24, 2.45) is 0 Å². The molecule has 1 aromatic heterocycles. The average Bonchev–Trinajstić information content (AvgIpc) is 3.15. The summed E-state index contributed by atoms with van der Waals surface area (Å²) in [6.45, 7) is 0.429. The first-order valence-electron chi connectivity index (χ1n) is 7.91. The van der Waals surface area contributed by atoms with Crippen LogP contribution in [-0.4, -0.2) is 30.3 Å². The summed E-state index contributed by atoms with van der Waals surface area (Å²) >= 11 is 3.42. The Kier molecular flexibility index (Phi) is 5.58. The molecular weight excluding hydrogens is 398 g/mol. The number of benzene rings is 2. The molecule has 0 aliphatic carbocycles. The van der Waals surface area contributed by atoms with Crippen molar-refractivity contribution in [2.75, 3.05) is 14.2 Å². The Morgan fingerprint density at radius 3 is 2.73 bits per heavy atom. The molecule has 134 valence electrons. The molecule has 2 N–H and O–H groups in total. The van der Waals surface area contributed by atoms with E-state index in [1.165, 1.54) is 0 Å². The summed E-state index contributed by atoms with van der Waals surface area (Å²) < 4.78 is 11.6. The number of methoxy groups -OCH3 is 2. The van der Waals surface area contributed by atoms with Crippen LogP contribution in [-0.2, 0) is 6.54 Å². The van der Waals surface area contributed by atoms with Gasteiger partial charge in [-0.3, -0.25) is 9.89 Å². The van der Waals surface area contributed by atoms with Gasteiger partial charge in [0.05, 0.1) is 19.9 Å². The van der Waals surface area contributed by atoms with Crippen molar-refractivity contribution >= 4 is 21.8 Å². The summed E-state index contributed by atoms with van der Waals surface area (Å²) in [4.78, 5) is 12.4. The van der Waals surface area contributed by atoms with E-state index in [-0.39, 0.29) is 5.91 Å². The zero-order chi connectivity index (χ0) is 18.5. The number of H-pyrrole nitrogens is 1. The molecule has 2 aromatic carbocycles. The van der Waals surface area contributed by atoms with Gasteiger partial charge in [0.2, 0.25) is 0 Å². The third kappa shape index (κ3) is 4.05. The molecule has 7 heteroatoms. The quantitative estimate of drug-likeness (QED) is 0.641. The molecule has 0 saturated heterocycles. The zero-order valence-corrected chi connectivity index (χ0v) is 16.0. The van der Waals surface area contributed by atoms with Crippen LogP contribution in [0.1, 0.15) is 16.1 Å². The van der Waals surface area contributed by atoms with Crippen molar-refractivity contribution in [3.63, 3.8) is 0 Å². The second-order valence-electron chi connectivity index (χ2n) is 5.55. The average molecular weight is 416 g/mol. The summed E-state index contributed by atoms with van der Waals surface area (Å²) in [5.74, 6) is 1.08. The Labute approximate surface area is 159 Å². The van der Waals surface area contributed by atoms with Crippen LogP contribution in [0.2, 0.25) is 0 Å². The van der Waals surface area contributed by atoms with E-state index in [0.29, 0.717) is 29.4 Å². The third-order valence-corrected chi connectivity index (χ3v) is 4.34. The van der Waals surface area contributed by atoms with E-state index in [9.17, 15) is 4.79 Å². The lowest BCUT2D eigenvalue weighted by Crippen LogP contribution is -2.23. The maximum absolute atomic E-state index is 12.4. The summed E-state index contributed by atoms with van der Waals surface area (Å²) in [6, 6.07) is 14.9. The molecule has 3 aromatic rings. The molecular formula is C19H18BrN3O3. The van der Waals surface area contributed by atoms with Crippen LogP contribution in [0.15, 0.2) is 53.0 Å². The number of carbonyl (C=O) groups excluding carboxylic acids is 1. The minimum Gasteiger partial charge on any atom is -0.497 e. The fourth-order valence-corrected chi connectivity index (χ4v) is 2.96. The van der Waals surface area contributed by atoms with Crippen molar-refractivity contribution < 1.29 is 14.3 Å². The zero-order valence-electron chi connectivity index (χ0n) is 14.4. The SMILES string of the molecule is COc1ccc(-c2cc(C(=O)NCc3cccc(Br)c3)[nH]n2)c(OC)c1. The lowest BCUT2D eigenvalue weighted by molar-refractivity contribution is 0.0946. The number of rotatable bonds is 6. The van der Waals surface area contributed by atoms with Gasteiger partial charge in [0, 0.05) is 22.6 Å². The lowest BCUT2D eigenvalue weighted by atomic mass is 10.1. The Hall–Kier alpha value is -2.80. The maximum atomic E-state index is 12.4. The number of aromatic amines is 1. The van der Waals surface area contributed by atoms with E-state index in [1.807, 2.05) is 36.4 Å². The number of carbonyl (C=O) groups is 1. The molecule has 3 rings (SSSR count). The highest BCUT2D eigenvalue weighted by atomic mass is 79.9. The number of halogens is 1. The van der Waals surface area contributed by atoms with Crippen molar-refractivity contribution in [3.05, 3.63) is 64.3 Å². The Morgan fingerprint density at radius 1 is 1.15 bits per heavy atom. The highest BCUT2D eigenvalue weighted by molar-refractivity contribution is 9.10. The number of ether oxygens (including phenoxy) is 2. The Bertz CT molecular complexity index is 924. The topological polar surface area (TPSA) is 76.2 Å². The number of nitrogens with one attached hydrogen (secondary N) is 2. The van der Waals surface area contributed by atoms with Gasteiger partial charge < -0.3 is 14.8 Å². The third-order valence-electron chi connectivity index (χ3n) is 3.85. The monoisotopic (exact) mass is 415 g/mol. The van der Waals surface area contributed by atoms with E-state index in [2.05, 4.69) is 31.4 Å². The molecule has 0 radical (unpaired) electrons. The minimum atomic E-state index is -0.226. The molecule has 26 heavy (non-hydrogen) atoms. The van der Waals surface area contributed by atoms with Crippen molar-refractivity contribution in [2.45, 2.75) is 6.54 Å². The maximum Gasteiger partial charge on any atom is 0.269 e. The number of nitrogens with zero attached hydrogens (tertiary/aromatic N) is 1. The molecule has 1 heterocycles. The Balaban J connectivity index is 1.74. The molecule has 0 aliphatic rings. The van der Waals surface area contributed by atoms with Crippen LogP contribution in [0.4, 0.5) is 0 Å². The number of aromatic nitrogens is 2. The van der Waals surface area contributed by atoms with E-state index in [4.69, 9.17) is 9.47 Å². The van der Waals surface area contributed by atoms with E-state index < -0.39 is 0 Å². The molecule has 0 spiro atoms. The second kappa shape index (κ2) is 8.05. The van der Waals surface area contributed by atoms with Crippen LogP contribution in [0.5, 0.6) is 11.5 Å². The number of hydrogen-bond donors (Lipinski definition) is 2. The molecule has 0 atom stereocenters. The second-order valence-corrected chi connectivity index (χ2v) is 6.46. The molecule has 1 amide bonds. The highest BCUT2D eigenvalue weighted by Crippen LogP contribution is 2.32. The first-order valence-corrected chi connectivity index (χ1v) is 8.70. The van der Waals surface area contributed by atoms with Crippen LogP contribution in [0, 0.1) is 0 Å². The molecule has 0 fully saturated rings. The van der Waals surface area contributed by atoms with Gasteiger partial charge in [0.15, 0.2) is 0 Å². The van der Waals surface area contributed by atoms with Crippen LogP contribution >= 0.6 is 15.9 Å². The summed E-state index contributed by atoms with van der Waals surface area (Å²) in [6.07, 6.45) is 0. The molecule has 0 unspecified atom stereocenters. The van der Waals surface area contributed by atoms with Gasteiger partial charge in [-0.25, -0.2) is 0 Å². The normalized spacial score (nSPS) is 10.4. The fraction of sp³-hybridized carbons (Fsp3) is 0.158. The van der Waals surface area contributed by atoms with Crippen molar-refractivity contribution in [1.82, 2.24) is 15.5 Å².